The maximum absolute atomic E-state index is 12.9. The first-order chi connectivity index (χ1) is 14.2. The second-order valence-electron chi connectivity index (χ2n) is 7.29. The number of carbonyl (C=O) groups excluding carboxylic acids is 2. The van der Waals surface area contributed by atoms with Gasteiger partial charge in [-0.3, -0.25) is 9.69 Å². The van der Waals surface area contributed by atoms with Crippen molar-refractivity contribution >= 4 is 11.9 Å². The average molecular weight is 397 g/mol. The number of methoxy groups -OCH3 is 1. The molecule has 1 aromatic heterocycles. The quantitative estimate of drug-likeness (QED) is 0.716. The fourth-order valence-corrected chi connectivity index (χ4v) is 3.99. The van der Waals surface area contributed by atoms with Crippen LogP contribution in [0.25, 0.3) is 0 Å². The van der Waals surface area contributed by atoms with Gasteiger partial charge in [-0.1, -0.05) is 30.3 Å². The molecule has 152 valence electrons. The lowest BCUT2D eigenvalue weighted by Crippen LogP contribution is -2.60. The van der Waals surface area contributed by atoms with Crippen LogP contribution in [-0.2, 0) is 16.1 Å². The summed E-state index contributed by atoms with van der Waals surface area (Å²) in [6, 6.07) is 12.4. The third kappa shape index (κ3) is 4.22. The summed E-state index contributed by atoms with van der Waals surface area (Å²) in [4.78, 5) is 27.4. The molecule has 1 aromatic carbocycles. The van der Waals surface area contributed by atoms with E-state index in [1.165, 1.54) is 7.11 Å². The highest BCUT2D eigenvalue weighted by Gasteiger charge is 2.44. The van der Waals surface area contributed by atoms with Crippen LogP contribution in [0.4, 0.5) is 4.79 Å². The topological polar surface area (TPSA) is 90.9 Å². The fraction of sp³-hybridized carbons (Fsp3) is 0.429. The van der Waals surface area contributed by atoms with Gasteiger partial charge < -0.3 is 14.2 Å². The Morgan fingerprint density at radius 1 is 1.07 bits per heavy atom. The number of Topliss-reactive ketones (excluding diaryl/α,β-unsaturated/α-hetero) is 1. The molecule has 1 amide bonds. The van der Waals surface area contributed by atoms with Crippen LogP contribution in [0.3, 0.4) is 0 Å². The predicted molar refractivity (Wildman–Crippen MR) is 102 cm³/mol. The molecule has 2 aliphatic rings. The van der Waals surface area contributed by atoms with Crippen molar-refractivity contribution in [3.05, 3.63) is 53.7 Å². The number of ether oxygens (including phenoxy) is 3. The van der Waals surface area contributed by atoms with Crippen molar-refractivity contribution < 1.29 is 23.8 Å². The van der Waals surface area contributed by atoms with Crippen LogP contribution in [0.2, 0.25) is 0 Å². The Bertz CT molecular complexity index is 844. The maximum Gasteiger partial charge on any atom is 0.410 e. The van der Waals surface area contributed by atoms with Gasteiger partial charge in [0.1, 0.15) is 12.3 Å². The van der Waals surface area contributed by atoms with E-state index in [9.17, 15) is 9.59 Å². The van der Waals surface area contributed by atoms with Gasteiger partial charge >= 0.3 is 6.09 Å². The molecule has 8 nitrogen and oxygen atoms in total. The first kappa shape index (κ1) is 19.3. The number of morpholine rings is 1. The average Bonchev–Trinajstić information content (AvgIpc) is 2.77. The summed E-state index contributed by atoms with van der Waals surface area (Å²) in [6.07, 6.45) is 0.676. The highest BCUT2D eigenvalue weighted by atomic mass is 16.6. The smallest absolute Gasteiger partial charge is 0.410 e. The highest BCUT2D eigenvalue weighted by molar-refractivity contribution is 5.96. The molecule has 0 N–H and O–H groups in total. The number of hydrogen-bond donors (Lipinski definition) is 0. The van der Waals surface area contributed by atoms with E-state index in [1.54, 1.807) is 17.0 Å². The molecule has 2 aromatic rings. The molecule has 29 heavy (non-hydrogen) atoms. The molecule has 2 atom stereocenters. The Kier molecular flexibility index (Phi) is 5.71. The van der Waals surface area contributed by atoms with Gasteiger partial charge in [0.05, 0.1) is 32.4 Å². The zero-order chi connectivity index (χ0) is 20.2. The van der Waals surface area contributed by atoms with Gasteiger partial charge in [0.25, 0.3) is 0 Å². The number of aromatic nitrogens is 2. The summed E-state index contributed by atoms with van der Waals surface area (Å²) in [5.41, 5.74) is 1.25. The predicted octanol–water partition coefficient (Wildman–Crippen LogP) is 2.48. The van der Waals surface area contributed by atoms with E-state index < -0.39 is 0 Å². The summed E-state index contributed by atoms with van der Waals surface area (Å²) in [6.45, 7) is 1.02. The SMILES string of the molecule is COc1ccc(C(=O)C2CC3COCC(C2)N3C(=O)OCc2ccccc2)nn1. The van der Waals surface area contributed by atoms with E-state index >= 15 is 0 Å². The molecular weight excluding hydrogens is 374 g/mol. The second-order valence-corrected chi connectivity index (χ2v) is 7.29. The Balaban J connectivity index is 1.41. The molecule has 8 heteroatoms. The van der Waals surface area contributed by atoms with Crippen molar-refractivity contribution in [2.45, 2.75) is 31.5 Å². The van der Waals surface area contributed by atoms with E-state index in [0.717, 1.165) is 5.56 Å². The minimum Gasteiger partial charge on any atom is -0.480 e. The Hall–Kier alpha value is -3.00. The Morgan fingerprint density at radius 2 is 1.79 bits per heavy atom. The molecule has 0 saturated carbocycles. The number of benzene rings is 1. The number of rotatable bonds is 5. The van der Waals surface area contributed by atoms with Crippen molar-refractivity contribution in [1.29, 1.82) is 0 Å². The molecule has 2 bridgehead atoms. The van der Waals surface area contributed by atoms with Crippen LogP contribution in [0.15, 0.2) is 42.5 Å². The maximum atomic E-state index is 12.9. The summed E-state index contributed by atoms with van der Waals surface area (Å²) in [5, 5.41) is 7.85. The minimum atomic E-state index is -0.359. The van der Waals surface area contributed by atoms with Crippen molar-refractivity contribution in [3.63, 3.8) is 0 Å². The van der Waals surface area contributed by atoms with Crippen LogP contribution in [0, 0.1) is 5.92 Å². The summed E-state index contributed by atoms with van der Waals surface area (Å²) < 4.78 is 16.1. The van der Waals surface area contributed by atoms with E-state index in [0.29, 0.717) is 37.6 Å². The van der Waals surface area contributed by atoms with Crippen LogP contribution in [0.1, 0.15) is 28.9 Å². The van der Waals surface area contributed by atoms with E-state index in [4.69, 9.17) is 14.2 Å². The van der Waals surface area contributed by atoms with E-state index in [-0.39, 0.29) is 36.5 Å². The lowest BCUT2D eigenvalue weighted by atomic mass is 9.82. The summed E-state index contributed by atoms with van der Waals surface area (Å²) in [7, 11) is 1.50. The molecule has 2 saturated heterocycles. The third-order valence-electron chi connectivity index (χ3n) is 5.41. The first-order valence-electron chi connectivity index (χ1n) is 9.64. The van der Waals surface area contributed by atoms with Gasteiger partial charge in [-0.05, 0) is 24.5 Å². The van der Waals surface area contributed by atoms with Gasteiger partial charge in [-0.25, -0.2) is 4.79 Å². The van der Waals surface area contributed by atoms with Crippen LogP contribution in [-0.4, -0.2) is 59.4 Å². The van der Waals surface area contributed by atoms with Gasteiger partial charge in [0, 0.05) is 12.0 Å². The number of piperidine rings is 1. The molecule has 0 radical (unpaired) electrons. The van der Waals surface area contributed by atoms with Crippen LogP contribution < -0.4 is 4.74 Å². The largest absolute Gasteiger partial charge is 0.480 e. The van der Waals surface area contributed by atoms with Crippen LogP contribution in [0.5, 0.6) is 5.88 Å². The summed E-state index contributed by atoms with van der Waals surface area (Å²) in [5.74, 6) is 0.0759. The number of fused-ring (bicyclic) bond motifs is 2. The number of hydrogen-bond acceptors (Lipinski definition) is 7. The van der Waals surface area contributed by atoms with E-state index in [2.05, 4.69) is 10.2 Å². The van der Waals surface area contributed by atoms with E-state index in [1.807, 2.05) is 30.3 Å². The van der Waals surface area contributed by atoms with Crippen molar-refractivity contribution in [1.82, 2.24) is 15.1 Å². The monoisotopic (exact) mass is 397 g/mol. The minimum absolute atomic E-state index is 0.0608. The normalized spacial score (nSPS) is 23.3. The van der Waals surface area contributed by atoms with Gasteiger partial charge in [-0.15, -0.1) is 10.2 Å². The van der Waals surface area contributed by atoms with Gasteiger partial charge in [0.2, 0.25) is 5.88 Å². The number of nitrogens with zero attached hydrogens (tertiary/aromatic N) is 3. The Labute approximate surface area is 168 Å². The van der Waals surface area contributed by atoms with Crippen molar-refractivity contribution in [2.75, 3.05) is 20.3 Å². The first-order valence-corrected chi connectivity index (χ1v) is 9.64. The van der Waals surface area contributed by atoms with Gasteiger partial charge in [-0.2, -0.15) is 0 Å². The van der Waals surface area contributed by atoms with Crippen molar-refractivity contribution in [3.8, 4) is 5.88 Å². The van der Waals surface area contributed by atoms with Crippen LogP contribution >= 0.6 is 0 Å². The molecule has 2 aliphatic heterocycles. The molecular formula is C21H23N3O5. The number of amides is 1. The van der Waals surface area contributed by atoms with Gasteiger partial charge in [0.15, 0.2) is 5.78 Å². The fourth-order valence-electron chi connectivity index (χ4n) is 3.99. The molecule has 0 spiro atoms. The highest BCUT2D eigenvalue weighted by Crippen LogP contribution is 2.34. The molecule has 0 aliphatic carbocycles. The molecule has 3 heterocycles. The number of ketones is 1. The lowest BCUT2D eigenvalue weighted by molar-refractivity contribution is -0.0756. The summed E-state index contributed by atoms with van der Waals surface area (Å²) >= 11 is 0. The Morgan fingerprint density at radius 3 is 2.41 bits per heavy atom. The zero-order valence-corrected chi connectivity index (χ0v) is 16.2. The van der Waals surface area contributed by atoms with Crippen molar-refractivity contribution in [2.24, 2.45) is 5.92 Å². The molecule has 2 fully saturated rings. The lowest BCUT2D eigenvalue weighted by Gasteiger charge is -2.47. The molecule has 4 rings (SSSR count). The standard InChI is InChI=1S/C21H23N3O5/c1-27-19-8-7-18(22-23-19)20(25)15-9-16-12-28-13-17(10-15)24(16)21(26)29-11-14-5-3-2-4-6-14/h2-8,15-17H,9-13H2,1H3. The molecule has 2 unspecified atom stereocenters. The zero-order valence-electron chi connectivity index (χ0n) is 16.2. The second kappa shape index (κ2) is 8.57. The third-order valence-corrected chi connectivity index (χ3v) is 5.41. The number of carbonyl (C=O) groups is 2.